The summed E-state index contributed by atoms with van der Waals surface area (Å²) >= 11 is 0. The Balaban J connectivity index is 1.84. The van der Waals surface area contributed by atoms with Gasteiger partial charge < -0.3 is 15.4 Å². The van der Waals surface area contributed by atoms with Crippen LogP contribution in [0.2, 0.25) is 0 Å². The minimum atomic E-state index is -3.08. The van der Waals surface area contributed by atoms with Crippen LogP contribution in [-0.4, -0.2) is 25.6 Å². The zero-order valence-electron chi connectivity index (χ0n) is 11.4. The molecule has 1 heterocycles. The Morgan fingerprint density at radius 2 is 2.29 bits per heavy atom. The van der Waals surface area contributed by atoms with Gasteiger partial charge in [0.2, 0.25) is 5.91 Å². The van der Waals surface area contributed by atoms with Crippen LogP contribution in [0.3, 0.4) is 0 Å². The Bertz CT molecular complexity index is 491. The van der Waals surface area contributed by atoms with Crippen molar-refractivity contribution in [2.45, 2.75) is 25.9 Å². The van der Waals surface area contributed by atoms with Crippen LogP contribution < -0.4 is 15.4 Å². The quantitative estimate of drug-likeness (QED) is 0.849. The van der Waals surface area contributed by atoms with E-state index in [1.807, 2.05) is 0 Å². The number of anilines is 1. The number of alkyl halides is 2. The fourth-order valence-corrected chi connectivity index (χ4v) is 2.29. The van der Waals surface area contributed by atoms with E-state index in [0.29, 0.717) is 12.3 Å². The molecule has 1 amide bonds. The van der Waals surface area contributed by atoms with Gasteiger partial charge in [-0.1, -0.05) is 0 Å². The molecule has 1 atom stereocenters. The Labute approximate surface area is 120 Å². The molecule has 0 aromatic heterocycles. The lowest BCUT2D eigenvalue weighted by Crippen LogP contribution is -2.15. The van der Waals surface area contributed by atoms with Crippen molar-refractivity contribution in [1.82, 2.24) is 5.32 Å². The first kappa shape index (κ1) is 15.6. The third kappa shape index (κ3) is 4.93. The summed E-state index contributed by atoms with van der Waals surface area (Å²) in [6.07, 6.45) is 2.18. The number of ether oxygens (including phenoxy) is 1. The number of benzene rings is 1. The lowest BCUT2D eigenvalue weighted by molar-refractivity contribution is -0.116. The number of carbonyl (C=O) groups excluding carboxylic acids is 1. The van der Waals surface area contributed by atoms with Crippen LogP contribution in [0.15, 0.2) is 18.2 Å². The van der Waals surface area contributed by atoms with Crippen molar-refractivity contribution in [3.8, 4) is 5.75 Å². The van der Waals surface area contributed by atoms with Gasteiger partial charge in [0.25, 0.3) is 0 Å². The molecule has 4 nitrogen and oxygen atoms in total. The Hall–Kier alpha value is -1.76. The highest BCUT2D eigenvalue weighted by Crippen LogP contribution is 2.23. The van der Waals surface area contributed by atoms with Crippen LogP contribution >= 0.6 is 0 Å². The normalized spacial score (nSPS) is 18.0. The molecule has 2 N–H and O–H groups in total. The molecular formula is C14H17F3N2O2. The number of carbonyl (C=O) groups is 1. The van der Waals surface area contributed by atoms with E-state index in [-0.39, 0.29) is 11.6 Å². The van der Waals surface area contributed by atoms with Gasteiger partial charge in [-0.25, -0.2) is 4.39 Å². The molecule has 0 saturated carbocycles. The first-order valence-corrected chi connectivity index (χ1v) is 6.79. The first-order valence-electron chi connectivity index (χ1n) is 6.79. The number of hydrogen-bond donors (Lipinski definition) is 2. The van der Waals surface area contributed by atoms with E-state index in [2.05, 4.69) is 15.4 Å². The Kier molecular flexibility index (Phi) is 5.44. The predicted molar refractivity (Wildman–Crippen MR) is 71.9 cm³/mol. The monoisotopic (exact) mass is 302 g/mol. The van der Waals surface area contributed by atoms with Crippen LogP contribution in [0, 0.1) is 11.7 Å². The smallest absolute Gasteiger partial charge is 0.387 e. The van der Waals surface area contributed by atoms with Crippen molar-refractivity contribution in [3.05, 3.63) is 24.0 Å². The number of halogens is 3. The molecule has 7 heteroatoms. The average molecular weight is 302 g/mol. The zero-order chi connectivity index (χ0) is 15.2. The van der Waals surface area contributed by atoms with Gasteiger partial charge in [-0.15, -0.1) is 0 Å². The topological polar surface area (TPSA) is 50.4 Å². The van der Waals surface area contributed by atoms with E-state index in [1.54, 1.807) is 0 Å². The molecular weight excluding hydrogens is 285 g/mol. The minimum absolute atomic E-state index is 0.219. The molecule has 21 heavy (non-hydrogen) atoms. The van der Waals surface area contributed by atoms with Gasteiger partial charge in [-0.05, 0) is 44.0 Å². The number of rotatable bonds is 6. The highest BCUT2D eigenvalue weighted by Gasteiger charge is 2.16. The van der Waals surface area contributed by atoms with Gasteiger partial charge in [0.05, 0.1) is 0 Å². The zero-order valence-corrected chi connectivity index (χ0v) is 11.4. The molecule has 0 spiro atoms. The first-order chi connectivity index (χ1) is 10.0. The van der Waals surface area contributed by atoms with E-state index in [0.717, 1.165) is 38.1 Å². The summed E-state index contributed by atoms with van der Waals surface area (Å²) < 4.78 is 41.5. The van der Waals surface area contributed by atoms with Gasteiger partial charge in [0, 0.05) is 18.2 Å². The van der Waals surface area contributed by atoms with Crippen LogP contribution in [0.1, 0.15) is 19.3 Å². The lowest BCUT2D eigenvalue weighted by Gasteiger charge is -2.10. The maximum atomic E-state index is 13.5. The summed E-state index contributed by atoms with van der Waals surface area (Å²) in [5, 5.41) is 5.76. The summed E-state index contributed by atoms with van der Waals surface area (Å²) in [5.74, 6) is -1.20. The molecule has 1 aliphatic rings. The van der Waals surface area contributed by atoms with E-state index in [9.17, 15) is 18.0 Å². The van der Waals surface area contributed by atoms with Crippen molar-refractivity contribution in [1.29, 1.82) is 0 Å². The number of amides is 1. The third-order valence-electron chi connectivity index (χ3n) is 3.37. The van der Waals surface area contributed by atoms with Crippen molar-refractivity contribution in [3.63, 3.8) is 0 Å². The molecule has 1 aromatic rings. The maximum Gasteiger partial charge on any atom is 0.387 e. The second-order valence-corrected chi connectivity index (χ2v) is 4.97. The summed E-state index contributed by atoms with van der Waals surface area (Å²) in [5.41, 5.74) is 0.226. The molecule has 0 radical (unpaired) electrons. The molecule has 1 aromatic carbocycles. The predicted octanol–water partition coefficient (Wildman–Crippen LogP) is 2.76. The van der Waals surface area contributed by atoms with Gasteiger partial charge in [0.1, 0.15) is 0 Å². The van der Waals surface area contributed by atoms with Crippen molar-refractivity contribution < 1.29 is 22.7 Å². The molecule has 1 aliphatic heterocycles. The number of hydrogen-bond acceptors (Lipinski definition) is 3. The fraction of sp³-hybridized carbons (Fsp3) is 0.500. The maximum absolute atomic E-state index is 13.5. The van der Waals surface area contributed by atoms with Gasteiger partial charge in [-0.3, -0.25) is 4.79 Å². The van der Waals surface area contributed by atoms with E-state index < -0.39 is 18.2 Å². The minimum Gasteiger partial charge on any atom is -0.432 e. The summed E-state index contributed by atoms with van der Waals surface area (Å²) in [4.78, 5) is 11.7. The second-order valence-electron chi connectivity index (χ2n) is 4.97. The number of nitrogens with one attached hydrogen (secondary N) is 2. The molecule has 1 unspecified atom stereocenters. The van der Waals surface area contributed by atoms with Crippen molar-refractivity contribution in [2.24, 2.45) is 5.92 Å². The SMILES string of the molecule is O=C(CCC1CCNC1)Nc1ccc(OC(F)F)c(F)c1. The summed E-state index contributed by atoms with van der Waals surface area (Å²) in [6, 6.07) is 3.36. The Morgan fingerprint density at radius 1 is 1.48 bits per heavy atom. The van der Waals surface area contributed by atoms with Crippen molar-refractivity contribution in [2.75, 3.05) is 18.4 Å². The largest absolute Gasteiger partial charge is 0.432 e. The van der Waals surface area contributed by atoms with E-state index in [4.69, 9.17) is 0 Å². The van der Waals surface area contributed by atoms with Crippen molar-refractivity contribution >= 4 is 11.6 Å². The van der Waals surface area contributed by atoms with Crippen LogP contribution in [0.25, 0.3) is 0 Å². The average Bonchev–Trinajstić information content (AvgIpc) is 2.92. The summed E-state index contributed by atoms with van der Waals surface area (Å²) in [7, 11) is 0. The Morgan fingerprint density at radius 3 is 2.90 bits per heavy atom. The second kappa shape index (κ2) is 7.31. The summed E-state index contributed by atoms with van der Waals surface area (Å²) in [6.45, 7) is -1.19. The molecule has 116 valence electrons. The van der Waals surface area contributed by atoms with Crippen LogP contribution in [0.5, 0.6) is 5.75 Å². The molecule has 2 rings (SSSR count). The van der Waals surface area contributed by atoms with Gasteiger partial charge >= 0.3 is 6.61 Å². The molecule has 1 fully saturated rings. The van der Waals surface area contributed by atoms with Gasteiger partial charge in [0.15, 0.2) is 11.6 Å². The fourth-order valence-electron chi connectivity index (χ4n) is 2.29. The van der Waals surface area contributed by atoms with Gasteiger partial charge in [-0.2, -0.15) is 8.78 Å². The standard InChI is InChI=1S/C14H17F3N2O2/c15-11-7-10(2-3-12(11)21-14(16)17)19-13(20)4-1-9-5-6-18-8-9/h2-3,7,9,14,18H,1,4-6,8H2,(H,19,20). The lowest BCUT2D eigenvalue weighted by atomic mass is 10.0. The molecule has 1 saturated heterocycles. The third-order valence-corrected chi connectivity index (χ3v) is 3.37. The van der Waals surface area contributed by atoms with E-state index in [1.165, 1.54) is 6.07 Å². The molecule has 0 bridgehead atoms. The highest BCUT2D eigenvalue weighted by molar-refractivity contribution is 5.90. The van der Waals surface area contributed by atoms with Crippen LogP contribution in [0.4, 0.5) is 18.9 Å². The molecule has 0 aliphatic carbocycles. The van der Waals surface area contributed by atoms with Crippen LogP contribution in [-0.2, 0) is 4.79 Å². The highest BCUT2D eigenvalue weighted by atomic mass is 19.3. The van der Waals surface area contributed by atoms with E-state index >= 15 is 0 Å².